The van der Waals surface area contributed by atoms with Crippen LogP contribution in [0.5, 0.6) is 5.75 Å². The summed E-state index contributed by atoms with van der Waals surface area (Å²) in [7, 11) is 0. The van der Waals surface area contributed by atoms with E-state index in [1.165, 1.54) is 23.9 Å². The molecule has 0 spiro atoms. The Morgan fingerprint density at radius 3 is 2.17 bits per heavy atom. The number of hydrogen-bond donors (Lipinski definition) is 9. The number of phenolic OH excluding ortho intramolecular Hbond substituents is 1. The molecule has 3 amide bonds. The fourth-order valence-electron chi connectivity index (χ4n) is 4.80. The van der Waals surface area contributed by atoms with Crippen molar-refractivity contribution >= 4 is 52.3 Å². The average molecular weight is 655 g/mol. The van der Waals surface area contributed by atoms with E-state index in [4.69, 9.17) is 17.2 Å². The van der Waals surface area contributed by atoms with E-state index in [2.05, 4.69) is 25.9 Å². The average Bonchev–Trinajstić information content (AvgIpc) is 3.43. The number of carboxylic acids is 1. The Labute approximate surface area is 271 Å². The van der Waals surface area contributed by atoms with Crippen LogP contribution in [0.15, 0.2) is 59.7 Å². The Bertz CT molecular complexity index is 1510. The van der Waals surface area contributed by atoms with Crippen molar-refractivity contribution in [2.75, 3.05) is 18.6 Å². The Morgan fingerprint density at radius 1 is 0.891 bits per heavy atom. The van der Waals surface area contributed by atoms with Gasteiger partial charge in [0.1, 0.15) is 23.9 Å². The lowest BCUT2D eigenvalue weighted by atomic mass is 10.0. The van der Waals surface area contributed by atoms with Crippen LogP contribution in [-0.4, -0.2) is 87.6 Å². The van der Waals surface area contributed by atoms with Crippen LogP contribution in [0.3, 0.4) is 0 Å². The number of aliphatic carboxylic acids is 1. The highest BCUT2D eigenvalue weighted by atomic mass is 32.2. The van der Waals surface area contributed by atoms with Crippen LogP contribution in [0.4, 0.5) is 0 Å². The van der Waals surface area contributed by atoms with Gasteiger partial charge in [-0.15, -0.1) is 0 Å². The number of rotatable bonds is 18. The van der Waals surface area contributed by atoms with Crippen LogP contribution in [0.2, 0.25) is 0 Å². The summed E-state index contributed by atoms with van der Waals surface area (Å²) < 4.78 is 0. The molecule has 0 saturated carbocycles. The molecule has 0 aliphatic rings. The second kappa shape index (κ2) is 17.7. The van der Waals surface area contributed by atoms with E-state index >= 15 is 0 Å². The largest absolute Gasteiger partial charge is 0.508 e. The number of nitrogens with one attached hydrogen (secondary N) is 4. The molecule has 4 atom stereocenters. The van der Waals surface area contributed by atoms with Crippen molar-refractivity contribution < 1.29 is 29.4 Å². The molecule has 2 aromatic carbocycles. The number of carboxylic acid groups (broad SMARTS) is 1. The number of H-pyrrole nitrogens is 1. The minimum absolute atomic E-state index is 0.0245. The number of para-hydroxylation sites is 1. The van der Waals surface area contributed by atoms with E-state index < -0.39 is 47.9 Å². The highest BCUT2D eigenvalue weighted by Gasteiger charge is 2.30. The first-order chi connectivity index (χ1) is 22.0. The number of hydrogen-bond acceptors (Lipinski definition) is 8. The molecule has 4 unspecified atom stereocenters. The summed E-state index contributed by atoms with van der Waals surface area (Å²) >= 11 is 1.46. The van der Waals surface area contributed by atoms with Crippen molar-refractivity contribution in [2.45, 2.75) is 56.3 Å². The standard InChI is InChI=1S/C31H42N8O6S/c1-46-14-12-25(29(43)39-26(30(44)45)16-19-17-36-23-6-3-2-5-21(19)23)38-28(42)24(7-4-13-35-31(33)34)37-27(41)22(32)15-18-8-10-20(40)11-9-18/h2-3,5-6,8-11,17,22,24-26,36,40H,4,7,12-16,32H2,1H3,(H,37,41)(H,38,42)(H,39,43)(H,44,45)(H4,33,34,35). The van der Waals surface area contributed by atoms with Crippen molar-refractivity contribution in [3.63, 3.8) is 0 Å². The zero-order valence-electron chi connectivity index (χ0n) is 25.6. The van der Waals surface area contributed by atoms with Crippen molar-refractivity contribution in [2.24, 2.45) is 22.2 Å². The number of aliphatic imine (C=N–C) groups is 1. The molecule has 0 bridgehead atoms. The van der Waals surface area contributed by atoms with Crippen molar-refractivity contribution in [3.05, 3.63) is 65.9 Å². The third kappa shape index (κ3) is 11.0. The molecule has 12 N–H and O–H groups in total. The lowest BCUT2D eigenvalue weighted by Gasteiger charge is -2.25. The second-order valence-corrected chi connectivity index (χ2v) is 11.8. The molecule has 0 radical (unpaired) electrons. The number of carbonyl (C=O) groups excluding carboxylic acids is 3. The molecule has 1 heterocycles. The molecule has 0 saturated heterocycles. The third-order valence-electron chi connectivity index (χ3n) is 7.26. The van der Waals surface area contributed by atoms with E-state index in [0.717, 1.165) is 16.5 Å². The summed E-state index contributed by atoms with van der Waals surface area (Å²) in [5.41, 5.74) is 19.2. The Morgan fingerprint density at radius 2 is 1.52 bits per heavy atom. The number of amides is 3. The summed E-state index contributed by atoms with van der Waals surface area (Å²) in [5, 5.41) is 28.2. The molecular formula is C31H42N8O6S. The van der Waals surface area contributed by atoms with Gasteiger partial charge in [0, 0.05) is 30.1 Å². The monoisotopic (exact) mass is 654 g/mol. The number of phenols is 1. The van der Waals surface area contributed by atoms with Crippen LogP contribution in [-0.2, 0) is 32.0 Å². The van der Waals surface area contributed by atoms with Gasteiger partial charge in [0.15, 0.2) is 5.96 Å². The first-order valence-corrected chi connectivity index (χ1v) is 16.1. The lowest BCUT2D eigenvalue weighted by Crippen LogP contribution is -2.57. The zero-order chi connectivity index (χ0) is 33.6. The second-order valence-electron chi connectivity index (χ2n) is 10.8. The summed E-state index contributed by atoms with van der Waals surface area (Å²) in [6.07, 6.45) is 4.41. The Kier molecular flexibility index (Phi) is 13.7. The normalized spacial score (nSPS) is 13.6. The SMILES string of the molecule is CSCCC(NC(=O)C(CCCN=C(N)N)NC(=O)C(N)Cc1ccc(O)cc1)C(=O)NC(Cc1c[nH]c2ccccc12)C(=O)O. The van der Waals surface area contributed by atoms with E-state index in [1.54, 1.807) is 18.3 Å². The molecule has 0 fully saturated rings. The van der Waals surface area contributed by atoms with E-state index in [9.17, 15) is 29.4 Å². The number of thioether (sulfide) groups is 1. The smallest absolute Gasteiger partial charge is 0.326 e. The van der Waals surface area contributed by atoms with Gasteiger partial charge in [0.25, 0.3) is 0 Å². The zero-order valence-corrected chi connectivity index (χ0v) is 26.4. The molecule has 0 aliphatic carbocycles. The Hall–Kier alpha value is -4.76. The number of benzene rings is 2. The highest BCUT2D eigenvalue weighted by molar-refractivity contribution is 7.98. The van der Waals surface area contributed by atoms with Crippen molar-refractivity contribution in [1.82, 2.24) is 20.9 Å². The van der Waals surface area contributed by atoms with Gasteiger partial charge in [-0.3, -0.25) is 19.4 Å². The fourth-order valence-corrected chi connectivity index (χ4v) is 5.27. The summed E-state index contributed by atoms with van der Waals surface area (Å²) in [6, 6.07) is 9.25. The molecule has 248 valence electrons. The maximum atomic E-state index is 13.5. The maximum absolute atomic E-state index is 13.5. The molecule has 3 rings (SSSR count). The van der Waals surface area contributed by atoms with Crippen LogP contribution in [0.1, 0.15) is 30.4 Å². The summed E-state index contributed by atoms with van der Waals surface area (Å²) in [5.74, 6) is -2.66. The first-order valence-electron chi connectivity index (χ1n) is 14.7. The van der Waals surface area contributed by atoms with Crippen LogP contribution in [0.25, 0.3) is 10.9 Å². The number of nitrogens with two attached hydrogens (primary N) is 3. The molecule has 46 heavy (non-hydrogen) atoms. The van der Waals surface area contributed by atoms with Gasteiger partial charge in [-0.25, -0.2) is 4.79 Å². The fraction of sp³-hybridized carbons (Fsp3) is 0.387. The predicted molar refractivity (Wildman–Crippen MR) is 178 cm³/mol. The van der Waals surface area contributed by atoms with Crippen molar-refractivity contribution in [3.8, 4) is 5.75 Å². The maximum Gasteiger partial charge on any atom is 0.326 e. The van der Waals surface area contributed by atoms with E-state index in [1.807, 2.05) is 30.5 Å². The van der Waals surface area contributed by atoms with Gasteiger partial charge < -0.3 is 48.3 Å². The number of fused-ring (bicyclic) bond motifs is 1. The number of aromatic nitrogens is 1. The van der Waals surface area contributed by atoms with E-state index in [-0.39, 0.29) is 43.9 Å². The number of aromatic hydroxyl groups is 1. The number of aromatic amines is 1. The first kappa shape index (κ1) is 35.7. The summed E-state index contributed by atoms with van der Waals surface area (Å²) in [4.78, 5) is 59.2. The lowest BCUT2D eigenvalue weighted by molar-refractivity contribution is -0.142. The quantitative estimate of drug-likeness (QED) is 0.0516. The third-order valence-corrected chi connectivity index (χ3v) is 7.91. The van der Waals surface area contributed by atoms with Crippen LogP contribution < -0.4 is 33.2 Å². The van der Waals surface area contributed by atoms with Gasteiger partial charge in [0.2, 0.25) is 17.7 Å². The molecule has 15 heteroatoms. The minimum atomic E-state index is -1.26. The van der Waals surface area contributed by atoms with Gasteiger partial charge in [-0.1, -0.05) is 30.3 Å². The topological polar surface area (TPSA) is 251 Å². The number of guanidine groups is 1. The Balaban J connectivity index is 1.73. The van der Waals surface area contributed by atoms with Crippen LogP contribution in [0, 0.1) is 0 Å². The van der Waals surface area contributed by atoms with Crippen LogP contribution >= 0.6 is 11.8 Å². The van der Waals surface area contributed by atoms with Gasteiger partial charge >= 0.3 is 5.97 Å². The molecular weight excluding hydrogens is 612 g/mol. The predicted octanol–water partition coefficient (Wildman–Crippen LogP) is 0.332. The van der Waals surface area contributed by atoms with Gasteiger partial charge in [-0.05, 0) is 67.0 Å². The van der Waals surface area contributed by atoms with Gasteiger partial charge in [-0.2, -0.15) is 11.8 Å². The van der Waals surface area contributed by atoms with E-state index in [0.29, 0.717) is 17.7 Å². The molecule has 0 aliphatic heterocycles. The molecule has 1 aromatic heterocycles. The molecule has 14 nitrogen and oxygen atoms in total. The molecule has 3 aromatic rings. The minimum Gasteiger partial charge on any atom is -0.508 e. The van der Waals surface area contributed by atoms with Gasteiger partial charge in [0.05, 0.1) is 6.04 Å². The number of carbonyl (C=O) groups is 4. The summed E-state index contributed by atoms with van der Waals surface area (Å²) in [6.45, 7) is 0.200. The highest BCUT2D eigenvalue weighted by Crippen LogP contribution is 2.19. The number of nitrogens with zero attached hydrogens (tertiary/aromatic N) is 1. The van der Waals surface area contributed by atoms with Crippen molar-refractivity contribution in [1.29, 1.82) is 0 Å².